The molecule has 0 saturated heterocycles. The summed E-state index contributed by atoms with van der Waals surface area (Å²) < 4.78 is 0. The van der Waals surface area contributed by atoms with Crippen molar-refractivity contribution in [1.82, 2.24) is 0 Å². The number of rotatable bonds is 4. The monoisotopic (exact) mass is 723 g/mol. The SMILES string of the molecule is CC1(C)CCC(C)(C)c2cc(N(c3ccccc3)c3cc4c(cc3-c3cccc5c3CCCC5)-c3ccccc3C43c4ccccc4-c4ccccc43)ccc21. The fourth-order valence-electron chi connectivity index (χ4n) is 11.3. The molecule has 0 atom stereocenters. The van der Waals surface area contributed by atoms with Gasteiger partial charge in [0.25, 0.3) is 0 Å². The average Bonchev–Trinajstić information content (AvgIpc) is 3.69. The number of para-hydroxylation sites is 1. The molecule has 11 rings (SSSR count). The molecular weight excluding hydrogens is 675 g/mol. The molecule has 0 bridgehead atoms. The Labute approximate surface area is 332 Å². The fraction of sp³-hybridized carbons (Fsp3) is 0.236. The smallest absolute Gasteiger partial charge is 0.0726 e. The van der Waals surface area contributed by atoms with Crippen LogP contribution in [-0.2, 0) is 29.1 Å². The summed E-state index contributed by atoms with van der Waals surface area (Å²) in [5.74, 6) is 0. The van der Waals surface area contributed by atoms with Crippen molar-refractivity contribution in [3.63, 3.8) is 0 Å². The zero-order valence-electron chi connectivity index (χ0n) is 33.1. The second kappa shape index (κ2) is 12.2. The summed E-state index contributed by atoms with van der Waals surface area (Å²) in [5.41, 5.74) is 23.1. The minimum Gasteiger partial charge on any atom is -0.310 e. The van der Waals surface area contributed by atoms with Crippen LogP contribution in [0.2, 0.25) is 0 Å². The third kappa shape index (κ3) is 4.67. The van der Waals surface area contributed by atoms with Crippen molar-refractivity contribution in [2.24, 2.45) is 0 Å². The van der Waals surface area contributed by atoms with Crippen LogP contribution in [-0.4, -0.2) is 0 Å². The normalized spacial score (nSPS) is 17.3. The van der Waals surface area contributed by atoms with E-state index in [0.29, 0.717) is 0 Å². The van der Waals surface area contributed by atoms with E-state index in [1.165, 1.54) is 121 Å². The maximum atomic E-state index is 2.62. The van der Waals surface area contributed by atoms with Gasteiger partial charge in [-0.1, -0.05) is 143 Å². The van der Waals surface area contributed by atoms with Gasteiger partial charge in [-0.15, -0.1) is 0 Å². The van der Waals surface area contributed by atoms with Gasteiger partial charge in [0, 0.05) is 16.9 Å². The fourth-order valence-corrected chi connectivity index (χ4v) is 11.3. The molecule has 0 heterocycles. The van der Waals surface area contributed by atoms with E-state index in [9.17, 15) is 0 Å². The lowest BCUT2D eigenvalue weighted by molar-refractivity contribution is 0.332. The summed E-state index contributed by atoms with van der Waals surface area (Å²) in [5, 5.41) is 0. The van der Waals surface area contributed by atoms with Crippen molar-refractivity contribution >= 4 is 17.1 Å². The number of aryl methyl sites for hydroxylation is 1. The Balaban J connectivity index is 1.27. The molecule has 4 aliphatic rings. The summed E-state index contributed by atoms with van der Waals surface area (Å²) >= 11 is 0. The Morgan fingerprint density at radius 3 is 1.64 bits per heavy atom. The molecule has 1 heteroatoms. The lowest BCUT2D eigenvalue weighted by Gasteiger charge is -2.42. The first-order valence-electron chi connectivity index (χ1n) is 20.9. The lowest BCUT2D eigenvalue weighted by atomic mass is 9.63. The highest BCUT2D eigenvalue weighted by atomic mass is 15.1. The van der Waals surface area contributed by atoms with Gasteiger partial charge in [0.2, 0.25) is 0 Å². The van der Waals surface area contributed by atoms with Crippen LogP contribution in [0.4, 0.5) is 17.1 Å². The highest BCUT2D eigenvalue weighted by Crippen LogP contribution is 2.64. The van der Waals surface area contributed by atoms with Crippen LogP contribution in [0.15, 0.2) is 152 Å². The summed E-state index contributed by atoms with van der Waals surface area (Å²) in [4.78, 5) is 2.60. The van der Waals surface area contributed by atoms with E-state index in [1.807, 2.05) is 0 Å². The molecule has 0 unspecified atom stereocenters. The van der Waals surface area contributed by atoms with Crippen molar-refractivity contribution in [2.45, 2.75) is 82.5 Å². The third-order valence-corrected chi connectivity index (χ3v) is 14.1. The van der Waals surface area contributed by atoms with Gasteiger partial charge < -0.3 is 4.90 Å². The van der Waals surface area contributed by atoms with Crippen LogP contribution in [0, 0.1) is 0 Å². The van der Waals surface area contributed by atoms with Crippen molar-refractivity contribution in [2.75, 3.05) is 4.90 Å². The van der Waals surface area contributed by atoms with Crippen LogP contribution in [0.3, 0.4) is 0 Å². The standard InChI is InChI=1S/C55H49N/c1-53(2)31-32-54(3,4)51-33-38(29-30-49(51)53)56(37-19-6-5-7-20-37)52-35-50-44(34-45(52)40-25-16-18-36-17-8-9-21-39(36)40)43-24-12-15-28-48(43)55(50)46-26-13-10-22-41(46)42-23-11-14-27-47(42)55/h5-7,10-16,18-20,22-30,33-35H,8-9,17,21,31-32H2,1-4H3. The minimum absolute atomic E-state index is 0.0887. The van der Waals surface area contributed by atoms with E-state index in [0.717, 1.165) is 12.8 Å². The third-order valence-electron chi connectivity index (χ3n) is 14.1. The van der Waals surface area contributed by atoms with Crippen LogP contribution in [0.5, 0.6) is 0 Å². The van der Waals surface area contributed by atoms with Crippen molar-refractivity contribution in [1.29, 1.82) is 0 Å². The van der Waals surface area contributed by atoms with E-state index < -0.39 is 5.41 Å². The quantitative estimate of drug-likeness (QED) is 0.175. The van der Waals surface area contributed by atoms with Gasteiger partial charge in [0.05, 0.1) is 11.1 Å². The number of fused-ring (bicyclic) bond motifs is 12. The van der Waals surface area contributed by atoms with Crippen molar-refractivity contribution in [3.8, 4) is 33.4 Å². The Bertz CT molecular complexity index is 2660. The largest absolute Gasteiger partial charge is 0.310 e. The average molecular weight is 724 g/mol. The molecule has 7 aromatic rings. The summed E-state index contributed by atoms with van der Waals surface area (Å²) in [6.45, 7) is 9.76. The zero-order valence-corrected chi connectivity index (χ0v) is 33.1. The number of anilines is 3. The van der Waals surface area contributed by atoms with Gasteiger partial charge in [-0.05, 0) is 158 Å². The van der Waals surface area contributed by atoms with E-state index in [1.54, 1.807) is 0 Å². The molecule has 0 fully saturated rings. The highest BCUT2D eigenvalue weighted by Gasteiger charge is 2.52. The van der Waals surface area contributed by atoms with Gasteiger partial charge in [0.15, 0.2) is 0 Å². The van der Waals surface area contributed by atoms with Crippen molar-refractivity contribution in [3.05, 3.63) is 196 Å². The summed E-state index contributed by atoms with van der Waals surface area (Å²) in [6, 6.07) is 58.5. The molecular formula is C55H49N. The van der Waals surface area contributed by atoms with E-state index in [-0.39, 0.29) is 10.8 Å². The van der Waals surface area contributed by atoms with Gasteiger partial charge >= 0.3 is 0 Å². The first-order valence-corrected chi connectivity index (χ1v) is 20.9. The van der Waals surface area contributed by atoms with Crippen LogP contribution >= 0.6 is 0 Å². The van der Waals surface area contributed by atoms with E-state index in [4.69, 9.17) is 0 Å². The second-order valence-corrected chi connectivity index (χ2v) is 18.1. The molecule has 0 saturated carbocycles. The van der Waals surface area contributed by atoms with E-state index in [2.05, 4.69) is 184 Å². The Kier molecular flexibility index (Phi) is 7.31. The van der Waals surface area contributed by atoms with Gasteiger partial charge in [-0.25, -0.2) is 0 Å². The molecule has 1 spiro atoms. The molecule has 56 heavy (non-hydrogen) atoms. The van der Waals surface area contributed by atoms with Crippen molar-refractivity contribution < 1.29 is 0 Å². The summed E-state index contributed by atoms with van der Waals surface area (Å²) in [7, 11) is 0. The highest BCUT2D eigenvalue weighted by molar-refractivity contribution is 6.00. The molecule has 7 aromatic carbocycles. The Morgan fingerprint density at radius 1 is 0.393 bits per heavy atom. The number of hydrogen-bond acceptors (Lipinski definition) is 1. The number of hydrogen-bond donors (Lipinski definition) is 0. The molecule has 0 N–H and O–H groups in total. The maximum Gasteiger partial charge on any atom is 0.0726 e. The second-order valence-electron chi connectivity index (χ2n) is 18.1. The van der Waals surface area contributed by atoms with Gasteiger partial charge in [-0.2, -0.15) is 0 Å². The Hall–Kier alpha value is -5.66. The molecule has 1 nitrogen and oxygen atoms in total. The van der Waals surface area contributed by atoms with Crippen LogP contribution in [0.1, 0.15) is 97.9 Å². The maximum absolute atomic E-state index is 2.62. The Morgan fingerprint density at radius 2 is 0.964 bits per heavy atom. The molecule has 0 aliphatic heterocycles. The molecule has 0 aromatic heterocycles. The van der Waals surface area contributed by atoms with Crippen LogP contribution < -0.4 is 4.90 Å². The predicted octanol–water partition coefficient (Wildman–Crippen LogP) is 14.4. The van der Waals surface area contributed by atoms with Crippen LogP contribution in [0.25, 0.3) is 33.4 Å². The topological polar surface area (TPSA) is 3.24 Å². The van der Waals surface area contributed by atoms with Gasteiger partial charge in [-0.3, -0.25) is 0 Å². The van der Waals surface area contributed by atoms with Gasteiger partial charge in [0.1, 0.15) is 0 Å². The summed E-state index contributed by atoms with van der Waals surface area (Å²) in [6.07, 6.45) is 7.16. The minimum atomic E-state index is -0.424. The molecule has 274 valence electrons. The zero-order chi connectivity index (χ0) is 37.8. The first kappa shape index (κ1) is 33.7. The predicted molar refractivity (Wildman–Crippen MR) is 235 cm³/mol. The van der Waals surface area contributed by atoms with E-state index >= 15 is 0 Å². The molecule has 0 amide bonds. The number of benzene rings is 7. The number of nitrogens with zero attached hydrogens (tertiary/aromatic N) is 1. The lowest BCUT2D eigenvalue weighted by Crippen LogP contribution is -2.34. The molecule has 4 aliphatic carbocycles. The first-order chi connectivity index (χ1) is 27.3. The molecule has 0 radical (unpaired) electrons.